The molecule has 6 nitrogen and oxygen atoms in total. The van der Waals surface area contributed by atoms with Crippen LogP contribution in [0.1, 0.15) is 26.2 Å². The third kappa shape index (κ3) is 2.51. The number of hydrogen-bond acceptors (Lipinski definition) is 4. The van der Waals surface area contributed by atoms with Crippen LogP contribution in [0.5, 0.6) is 0 Å². The van der Waals surface area contributed by atoms with Crippen molar-refractivity contribution in [2.75, 3.05) is 25.0 Å². The summed E-state index contributed by atoms with van der Waals surface area (Å²) in [5.41, 5.74) is 0.647. The summed E-state index contributed by atoms with van der Waals surface area (Å²) in [6, 6.07) is 5.50. The average molecular weight is 308 g/mol. The van der Waals surface area contributed by atoms with E-state index in [4.69, 9.17) is 0 Å². The highest BCUT2D eigenvalue weighted by Crippen LogP contribution is 2.28. The molecule has 114 valence electrons. The first-order valence-corrected chi connectivity index (χ1v) is 8.79. The zero-order valence-corrected chi connectivity index (χ0v) is 12.9. The fraction of sp³-hybridized carbons (Fsp3) is 0.500. The number of sulfonamides is 1. The summed E-state index contributed by atoms with van der Waals surface area (Å²) in [4.78, 5) is 4.43. The number of nitrogens with one attached hydrogen (secondary N) is 1. The summed E-state index contributed by atoms with van der Waals surface area (Å²) in [5, 5.41) is 3.40. The molecule has 0 unspecified atom stereocenters. The van der Waals surface area contributed by atoms with Crippen molar-refractivity contribution in [1.29, 1.82) is 0 Å². The Hall–Kier alpha value is -1.60. The molecule has 0 aromatic carbocycles. The van der Waals surface area contributed by atoms with E-state index in [2.05, 4.69) is 10.3 Å². The lowest BCUT2D eigenvalue weighted by atomic mass is 10.4. The summed E-state index contributed by atoms with van der Waals surface area (Å²) >= 11 is 0. The first-order valence-electron chi connectivity index (χ1n) is 7.35. The van der Waals surface area contributed by atoms with Crippen LogP contribution in [0, 0.1) is 0 Å². The van der Waals surface area contributed by atoms with E-state index in [0.29, 0.717) is 31.1 Å². The summed E-state index contributed by atoms with van der Waals surface area (Å²) in [7, 11) is -3.51. The van der Waals surface area contributed by atoms with Gasteiger partial charge in [0.2, 0.25) is 0 Å². The smallest absolute Gasteiger partial charge is 0.262 e. The normalized spacial score (nSPS) is 16.6. The molecule has 2 aromatic rings. The maximum Gasteiger partial charge on any atom is 0.262 e. The molecule has 0 radical (unpaired) electrons. The molecule has 0 atom stereocenters. The van der Waals surface area contributed by atoms with Crippen LogP contribution in [0.3, 0.4) is 0 Å². The van der Waals surface area contributed by atoms with Crippen molar-refractivity contribution in [1.82, 2.24) is 13.7 Å². The van der Waals surface area contributed by atoms with Gasteiger partial charge in [0.25, 0.3) is 10.0 Å². The zero-order valence-electron chi connectivity index (χ0n) is 12.1. The zero-order chi connectivity index (χ0) is 14.9. The second kappa shape index (κ2) is 5.65. The van der Waals surface area contributed by atoms with Gasteiger partial charge in [-0.2, -0.15) is 4.31 Å². The monoisotopic (exact) mass is 308 g/mol. The highest BCUT2D eigenvalue weighted by atomic mass is 32.2. The standard InChI is InChI=1S/C14H20N4O2S/c1-2-8-15-13-14(18-11-4-3-7-12(18)16-13)21(19,20)17-9-5-6-10-17/h3-4,7,11,15H,2,5-6,8-10H2,1H3. The molecule has 1 aliphatic rings. The Morgan fingerprint density at radius 3 is 2.76 bits per heavy atom. The summed E-state index contributed by atoms with van der Waals surface area (Å²) in [6.45, 7) is 3.93. The van der Waals surface area contributed by atoms with Gasteiger partial charge in [0.05, 0.1) is 0 Å². The van der Waals surface area contributed by atoms with Gasteiger partial charge in [-0.15, -0.1) is 0 Å². The number of anilines is 1. The van der Waals surface area contributed by atoms with Crippen LogP contribution in [0.25, 0.3) is 5.65 Å². The number of pyridine rings is 1. The van der Waals surface area contributed by atoms with Crippen molar-refractivity contribution in [2.24, 2.45) is 0 Å². The maximum atomic E-state index is 12.9. The lowest BCUT2D eigenvalue weighted by Gasteiger charge is -2.16. The maximum absolute atomic E-state index is 12.9. The van der Waals surface area contributed by atoms with Gasteiger partial charge >= 0.3 is 0 Å². The molecule has 7 heteroatoms. The fourth-order valence-electron chi connectivity index (χ4n) is 2.63. The predicted molar refractivity (Wildman–Crippen MR) is 82.0 cm³/mol. The minimum absolute atomic E-state index is 0.258. The third-order valence-corrected chi connectivity index (χ3v) is 5.60. The minimum atomic E-state index is -3.51. The molecule has 3 rings (SSSR count). The van der Waals surface area contributed by atoms with Gasteiger partial charge in [0.15, 0.2) is 10.8 Å². The quantitative estimate of drug-likeness (QED) is 0.916. The van der Waals surface area contributed by atoms with Crippen LogP contribution in [0.15, 0.2) is 29.4 Å². The van der Waals surface area contributed by atoms with Crippen molar-refractivity contribution >= 4 is 21.5 Å². The number of imidazole rings is 1. The van der Waals surface area contributed by atoms with Crippen LogP contribution in [0.4, 0.5) is 5.82 Å². The molecular weight excluding hydrogens is 288 g/mol. The number of rotatable bonds is 5. The van der Waals surface area contributed by atoms with Gasteiger partial charge in [-0.05, 0) is 31.4 Å². The molecule has 0 aliphatic carbocycles. The molecular formula is C14H20N4O2S. The molecule has 1 aliphatic heterocycles. The van der Waals surface area contributed by atoms with E-state index in [0.717, 1.165) is 19.3 Å². The van der Waals surface area contributed by atoms with Crippen LogP contribution < -0.4 is 5.32 Å². The molecule has 0 amide bonds. The first-order chi connectivity index (χ1) is 10.1. The molecule has 0 bridgehead atoms. The van der Waals surface area contributed by atoms with E-state index in [1.807, 2.05) is 25.1 Å². The molecule has 1 fully saturated rings. The fourth-order valence-corrected chi connectivity index (χ4v) is 4.38. The Morgan fingerprint density at radius 2 is 2.05 bits per heavy atom. The van der Waals surface area contributed by atoms with Crippen molar-refractivity contribution < 1.29 is 8.42 Å². The highest BCUT2D eigenvalue weighted by molar-refractivity contribution is 7.89. The van der Waals surface area contributed by atoms with Crippen molar-refractivity contribution in [3.63, 3.8) is 0 Å². The summed E-state index contributed by atoms with van der Waals surface area (Å²) in [5.74, 6) is 0.454. The summed E-state index contributed by atoms with van der Waals surface area (Å²) in [6.07, 6.45) is 4.51. The second-order valence-electron chi connectivity index (χ2n) is 5.23. The molecule has 21 heavy (non-hydrogen) atoms. The number of nitrogens with zero attached hydrogens (tertiary/aromatic N) is 3. The average Bonchev–Trinajstić information content (AvgIpc) is 3.12. The van der Waals surface area contributed by atoms with Crippen molar-refractivity contribution in [3.8, 4) is 0 Å². The predicted octanol–water partition coefficient (Wildman–Crippen LogP) is 1.94. The van der Waals surface area contributed by atoms with E-state index in [-0.39, 0.29) is 5.03 Å². The Labute approximate surface area is 124 Å². The van der Waals surface area contributed by atoms with E-state index >= 15 is 0 Å². The molecule has 1 N–H and O–H groups in total. The van der Waals surface area contributed by atoms with E-state index in [9.17, 15) is 8.42 Å². The van der Waals surface area contributed by atoms with Crippen LogP contribution >= 0.6 is 0 Å². The highest BCUT2D eigenvalue weighted by Gasteiger charge is 2.33. The Bertz CT molecular complexity index is 733. The molecule has 0 saturated carbocycles. The first kappa shape index (κ1) is 14.3. The summed E-state index contributed by atoms with van der Waals surface area (Å²) < 4.78 is 29.1. The van der Waals surface area contributed by atoms with Gasteiger partial charge in [-0.1, -0.05) is 13.0 Å². The van der Waals surface area contributed by atoms with Gasteiger partial charge in [-0.3, -0.25) is 4.40 Å². The molecule has 1 saturated heterocycles. The molecule has 0 spiro atoms. The van der Waals surface area contributed by atoms with Crippen LogP contribution in [-0.2, 0) is 10.0 Å². The van der Waals surface area contributed by atoms with Gasteiger partial charge in [-0.25, -0.2) is 13.4 Å². The van der Waals surface area contributed by atoms with Gasteiger partial charge < -0.3 is 5.32 Å². The third-order valence-electron chi connectivity index (χ3n) is 3.68. The van der Waals surface area contributed by atoms with Gasteiger partial charge in [0, 0.05) is 25.8 Å². The van der Waals surface area contributed by atoms with E-state index < -0.39 is 10.0 Å². The number of aromatic nitrogens is 2. The van der Waals surface area contributed by atoms with Gasteiger partial charge in [0.1, 0.15) is 5.65 Å². The molecule has 3 heterocycles. The van der Waals surface area contributed by atoms with E-state index in [1.165, 1.54) is 0 Å². The Morgan fingerprint density at radius 1 is 1.29 bits per heavy atom. The number of hydrogen-bond donors (Lipinski definition) is 1. The van der Waals surface area contributed by atoms with Crippen LogP contribution in [0.2, 0.25) is 0 Å². The Balaban J connectivity index is 2.14. The SMILES string of the molecule is CCCNc1nc2ccccn2c1S(=O)(=O)N1CCCC1. The molecule has 2 aromatic heterocycles. The topological polar surface area (TPSA) is 66.7 Å². The lowest BCUT2D eigenvalue weighted by molar-refractivity contribution is 0.474. The van der Waals surface area contributed by atoms with Crippen LogP contribution in [-0.4, -0.2) is 41.7 Å². The largest absolute Gasteiger partial charge is 0.368 e. The second-order valence-corrected chi connectivity index (χ2v) is 7.09. The lowest BCUT2D eigenvalue weighted by Crippen LogP contribution is -2.29. The van der Waals surface area contributed by atoms with E-state index in [1.54, 1.807) is 14.9 Å². The van der Waals surface area contributed by atoms with Crippen molar-refractivity contribution in [2.45, 2.75) is 31.2 Å². The Kier molecular flexibility index (Phi) is 3.86. The van der Waals surface area contributed by atoms with Crippen molar-refractivity contribution in [3.05, 3.63) is 24.4 Å². The number of fused-ring (bicyclic) bond motifs is 1. The minimum Gasteiger partial charge on any atom is -0.368 e.